The number of nitrogen functional groups attached to an aromatic ring is 1. The molecule has 1 saturated heterocycles. The topological polar surface area (TPSA) is 163 Å². The molecule has 0 bridgehead atoms. The van der Waals surface area contributed by atoms with Gasteiger partial charge in [0.1, 0.15) is 29.9 Å². The van der Waals surface area contributed by atoms with Gasteiger partial charge in [-0.3, -0.25) is 19.3 Å². The van der Waals surface area contributed by atoms with Crippen LogP contribution in [0.4, 0.5) is 5.13 Å². The fourth-order valence-corrected chi connectivity index (χ4v) is 4.88. The highest BCUT2D eigenvalue weighted by atomic mass is 32.2. The van der Waals surface area contributed by atoms with E-state index in [1.165, 1.54) is 23.8 Å². The Morgan fingerprint density at radius 2 is 2.09 bits per heavy atom. The van der Waals surface area contributed by atoms with Crippen LogP contribution in [0.1, 0.15) is 26.5 Å². The predicted molar refractivity (Wildman–Crippen MR) is 120 cm³/mol. The number of anilines is 1. The number of ether oxygens (including phenoxy) is 2. The van der Waals surface area contributed by atoms with Gasteiger partial charge in [-0.1, -0.05) is 19.0 Å². The Hall–Kier alpha value is -3.13. The van der Waals surface area contributed by atoms with E-state index < -0.39 is 42.0 Å². The molecule has 1 fully saturated rings. The maximum atomic E-state index is 12.9. The molecule has 2 atom stereocenters. The van der Waals surface area contributed by atoms with Gasteiger partial charge >= 0.3 is 11.9 Å². The van der Waals surface area contributed by atoms with Gasteiger partial charge in [0.25, 0.3) is 11.8 Å². The number of oxime groups is 1. The molecule has 12 nitrogen and oxygen atoms in total. The van der Waals surface area contributed by atoms with Crippen molar-refractivity contribution in [2.45, 2.75) is 32.2 Å². The van der Waals surface area contributed by atoms with Crippen molar-refractivity contribution in [3.63, 3.8) is 0 Å². The van der Waals surface area contributed by atoms with Gasteiger partial charge in [-0.2, -0.15) is 0 Å². The van der Waals surface area contributed by atoms with Crippen molar-refractivity contribution in [3.05, 3.63) is 22.3 Å². The quantitative estimate of drug-likeness (QED) is 0.169. The summed E-state index contributed by atoms with van der Waals surface area (Å²) in [5.41, 5.74) is 6.42. The second kappa shape index (κ2) is 10.2. The van der Waals surface area contributed by atoms with Crippen LogP contribution in [0.3, 0.4) is 0 Å². The molecule has 1 aromatic heterocycles. The lowest BCUT2D eigenvalue weighted by Gasteiger charge is -2.49. The third-order valence-corrected chi connectivity index (χ3v) is 6.76. The van der Waals surface area contributed by atoms with Crippen molar-refractivity contribution in [3.8, 4) is 0 Å². The van der Waals surface area contributed by atoms with Gasteiger partial charge in [-0.15, -0.1) is 23.1 Å². The number of hydrogen-bond acceptors (Lipinski definition) is 12. The lowest BCUT2D eigenvalue weighted by Crippen LogP contribution is -2.71. The monoisotopic (exact) mass is 497 g/mol. The number of β-lactam (4-membered cyclic amide) rings is 1. The second-order valence-corrected chi connectivity index (χ2v) is 9.35. The van der Waals surface area contributed by atoms with Crippen LogP contribution in [0.2, 0.25) is 0 Å². The minimum absolute atomic E-state index is 0.0768. The zero-order chi connectivity index (χ0) is 24.3. The Morgan fingerprint density at radius 3 is 2.70 bits per heavy atom. The number of fused-ring (bicyclic) bond motifs is 1. The SMILES string of the molecule is CON=C(C(=O)NC1C(=O)N2C(C(=O)OCOC(=O)C(C)C)=C(C)CS[C@@H]12)c1csc(N)n1. The maximum Gasteiger partial charge on any atom is 0.357 e. The summed E-state index contributed by atoms with van der Waals surface area (Å²) in [6.45, 7) is 4.45. The highest BCUT2D eigenvalue weighted by Crippen LogP contribution is 2.40. The minimum Gasteiger partial charge on any atom is -0.428 e. The lowest BCUT2D eigenvalue weighted by atomic mass is 10.0. The van der Waals surface area contributed by atoms with Crippen LogP contribution >= 0.6 is 23.1 Å². The first-order chi connectivity index (χ1) is 15.6. The molecule has 14 heteroatoms. The highest BCUT2D eigenvalue weighted by molar-refractivity contribution is 8.00. The fourth-order valence-electron chi connectivity index (χ4n) is 3.04. The number of esters is 2. The zero-order valence-electron chi connectivity index (χ0n) is 18.3. The molecule has 33 heavy (non-hydrogen) atoms. The van der Waals surface area contributed by atoms with Gasteiger partial charge in [-0.05, 0) is 12.5 Å². The van der Waals surface area contributed by atoms with Crippen LogP contribution in [0.5, 0.6) is 0 Å². The van der Waals surface area contributed by atoms with E-state index in [1.54, 1.807) is 26.2 Å². The van der Waals surface area contributed by atoms with Gasteiger partial charge in [0, 0.05) is 11.1 Å². The number of carbonyl (C=O) groups excluding carboxylic acids is 4. The van der Waals surface area contributed by atoms with E-state index >= 15 is 0 Å². The van der Waals surface area contributed by atoms with Crippen LogP contribution in [0.25, 0.3) is 0 Å². The van der Waals surface area contributed by atoms with E-state index in [1.807, 2.05) is 0 Å². The summed E-state index contributed by atoms with van der Waals surface area (Å²) in [6.07, 6.45) is 0. The third kappa shape index (κ3) is 5.11. The van der Waals surface area contributed by atoms with Gasteiger partial charge in [-0.25, -0.2) is 9.78 Å². The van der Waals surface area contributed by atoms with Crippen molar-refractivity contribution >= 4 is 57.7 Å². The molecule has 2 aliphatic rings. The molecule has 0 spiro atoms. The first-order valence-corrected chi connectivity index (χ1v) is 11.7. The molecule has 2 amide bonds. The van der Waals surface area contributed by atoms with Crippen LogP contribution in [0.15, 0.2) is 21.8 Å². The first-order valence-electron chi connectivity index (χ1n) is 9.77. The average molecular weight is 498 g/mol. The summed E-state index contributed by atoms with van der Waals surface area (Å²) >= 11 is 2.52. The predicted octanol–water partition coefficient (Wildman–Crippen LogP) is 0.450. The molecule has 0 radical (unpaired) electrons. The van der Waals surface area contributed by atoms with E-state index in [2.05, 4.69) is 15.5 Å². The number of thioether (sulfide) groups is 1. The summed E-state index contributed by atoms with van der Waals surface area (Å²) in [4.78, 5) is 59.8. The first kappa shape index (κ1) is 24.5. The smallest absolute Gasteiger partial charge is 0.357 e. The van der Waals surface area contributed by atoms with Crippen molar-refractivity contribution in [2.24, 2.45) is 11.1 Å². The number of nitrogens with two attached hydrogens (primary N) is 1. The Morgan fingerprint density at radius 1 is 1.36 bits per heavy atom. The summed E-state index contributed by atoms with van der Waals surface area (Å²) in [6, 6.07) is -0.893. The van der Waals surface area contributed by atoms with Crippen LogP contribution in [0, 0.1) is 5.92 Å². The third-order valence-electron chi connectivity index (χ3n) is 4.66. The van der Waals surface area contributed by atoms with Crippen molar-refractivity contribution in [1.82, 2.24) is 15.2 Å². The van der Waals surface area contributed by atoms with E-state index in [0.717, 1.165) is 11.3 Å². The molecule has 3 N–H and O–H groups in total. The highest BCUT2D eigenvalue weighted by Gasteiger charge is 2.54. The Labute approximate surface area is 197 Å². The van der Waals surface area contributed by atoms with Crippen molar-refractivity contribution in [2.75, 3.05) is 25.4 Å². The molecule has 0 aliphatic carbocycles. The summed E-state index contributed by atoms with van der Waals surface area (Å²) in [5.74, 6) is -2.37. The van der Waals surface area contributed by atoms with Crippen LogP contribution in [-0.4, -0.2) is 70.4 Å². The van der Waals surface area contributed by atoms with Crippen LogP contribution < -0.4 is 11.1 Å². The lowest BCUT2D eigenvalue weighted by molar-refractivity contribution is -0.170. The van der Waals surface area contributed by atoms with Gasteiger partial charge < -0.3 is 25.4 Å². The summed E-state index contributed by atoms with van der Waals surface area (Å²) < 4.78 is 9.90. The zero-order valence-corrected chi connectivity index (χ0v) is 19.9. The Balaban J connectivity index is 1.67. The molecule has 3 heterocycles. The Kier molecular flexibility index (Phi) is 7.58. The molecular weight excluding hydrogens is 474 g/mol. The number of aromatic nitrogens is 1. The molecule has 0 aromatic carbocycles. The average Bonchev–Trinajstić information content (AvgIpc) is 3.20. The van der Waals surface area contributed by atoms with Crippen LogP contribution in [-0.2, 0) is 33.5 Å². The molecule has 1 aromatic rings. The van der Waals surface area contributed by atoms with E-state index in [4.69, 9.17) is 20.0 Å². The van der Waals surface area contributed by atoms with E-state index in [0.29, 0.717) is 11.3 Å². The normalized spacial score (nSPS) is 20.2. The minimum atomic E-state index is -0.893. The molecule has 1 unspecified atom stereocenters. The number of nitrogens with one attached hydrogen (secondary N) is 1. The molecule has 3 rings (SSSR count). The number of rotatable bonds is 8. The summed E-state index contributed by atoms with van der Waals surface area (Å²) in [7, 11) is 1.28. The Bertz CT molecular complexity index is 1040. The number of nitrogens with zero attached hydrogens (tertiary/aromatic N) is 3. The van der Waals surface area contributed by atoms with Gasteiger partial charge in [0.05, 0.1) is 5.92 Å². The maximum absolute atomic E-state index is 12.9. The second-order valence-electron chi connectivity index (χ2n) is 7.35. The van der Waals surface area contributed by atoms with E-state index in [9.17, 15) is 19.2 Å². The van der Waals surface area contributed by atoms with E-state index in [-0.39, 0.29) is 28.2 Å². The van der Waals surface area contributed by atoms with Crippen molar-refractivity contribution in [1.29, 1.82) is 0 Å². The van der Waals surface area contributed by atoms with Gasteiger partial charge in [0.2, 0.25) is 6.79 Å². The molecule has 0 saturated carbocycles. The standard InChI is InChI=1S/C19H23N5O7S2/c1-8(2)17(27)30-7-31-18(28)13-9(3)5-32-16-12(15(26)24(13)16)22-14(25)11(23-29-4)10-6-33-19(20)21-10/h6,8,12,16H,5,7H2,1-4H3,(H2,20,21)(H,22,25)/t12?,16-/m0/s1. The van der Waals surface area contributed by atoms with Gasteiger partial charge in [0.15, 0.2) is 10.8 Å². The largest absolute Gasteiger partial charge is 0.428 e. The number of carbonyl (C=O) groups is 4. The molecule has 178 valence electrons. The fraction of sp³-hybridized carbons (Fsp3) is 0.474. The molecule has 2 aliphatic heterocycles. The number of thiazole rings is 1. The number of amides is 2. The number of hydrogen-bond donors (Lipinski definition) is 2. The summed E-state index contributed by atoms with van der Waals surface area (Å²) in [5, 5.41) is 7.60. The van der Waals surface area contributed by atoms with Crippen molar-refractivity contribution < 1.29 is 33.5 Å². The molecular formula is C19H23N5O7S2.